The number of nitrogens with two attached hydrogens (primary N) is 1. The molecule has 1 aliphatic heterocycles. The molecule has 0 aliphatic carbocycles. The zero-order valence-electron chi connectivity index (χ0n) is 16.2. The molecule has 2 aromatic carbocycles. The van der Waals surface area contributed by atoms with Crippen molar-refractivity contribution in [3.8, 4) is 0 Å². The lowest BCUT2D eigenvalue weighted by atomic mass is 9.98. The first-order valence-electron chi connectivity index (χ1n) is 9.56. The Labute approximate surface area is 172 Å². The third kappa shape index (κ3) is 5.49. The number of rotatable bonds is 5. The van der Waals surface area contributed by atoms with Crippen LogP contribution < -0.4 is 11.1 Å². The van der Waals surface area contributed by atoms with Crippen molar-refractivity contribution in [2.75, 3.05) is 24.1 Å². The normalized spacial score (nSPS) is 14.2. The molecule has 1 heterocycles. The molecule has 150 valence electrons. The second-order valence-corrected chi connectivity index (χ2v) is 7.27. The van der Waals surface area contributed by atoms with Crippen molar-refractivity contribution in [3.63, 3.8) is 0 Å². The molecule has 1 aliphatic rings. The summed E-state index contributed by atoms with van der Waals surface area (Å²) in [4.78, 5) is 27.2. The van der Waals surface area contributed by atoms with Gasteiger partial charge in [-0.15, -0.1) is 12.4 Å². The first-order chi connectivity index (χ1) is 13.0. The van der Waals surface area contributed by atoms with Gasteiger partial charge in [-0.1, -0.05) is 37.3 Å². The molecular weight excluding hydrogens is 374 g/mol. The van der Waals surface area contributed by atoms with E-state index >= 15 is 0 Å². The number of piperidine rings is 1. The average Bonchev–Trinajstić information content (AvgIpc) is 2.68. The van der Waals surface area contributed by atoms with Crippen LogP contribution in [-0.4, -0.2) is 29.8 Å². The average molecular weight is 402 g/mol. The molecule has 1 saturated heterocycles. The Morgan fingerprint density at radius 1 is 1.07 bits per heavy atom. The Morgan fingerprint density at radius 3 is 2.43 bits per heavy atom. The number of nitrogen functional groups attached to an aromatic ring is 1. The third-order valence-electron chi connectivity index (χ3n) is 5.18. The van der Waals surface area contributed by atoms with E-state index in [2.05, 4.69) is 12.2 Å². The maximum absolute atomic E-state index is 12.9. The van der Waals surface area contributed by atoms with Crippen molar-refractivity contribution in [3.05, 3.63) is 59.7 Å². The summed E-state index contributed by atoms with van der Waals surface area (Å²) in [6, 6.07) is 14.8. The summed E-state index contributed by atoms with van der Waals surface area (Å²) in [7, 11) is 0. The molecule has 1 fully saturated rings. The number of nitrogens with one attached hydrogen (secondary N) is 1. The Morgan fingerprint density at radius 2 is 1.71 bits per heavy atom. The fourth-order valence-corrected chi connectivity index (χ4v) is 3.38. The highest BCUT2D eigenvalue weighted by Crippen LogP contribution is 2.22. The quantitative estimate of drug-likeness (QED) is 0.739. The SMILES string of the molecule is CC1CCN(C(=O)c2ccccc2NC(=O)CCc2ccccc2N)CC1.Cl. The van der Waals surface area contributed by atoms with Crippen molar-refractivity contribution < 1.29 is 9.59 Å². The number of benzene rings is 2. The van der Waals surface area contributed by atoms with Crippen LogP contribution in [0.15, 0.2) is 48.5 Å². The molecule has 3 rings (SSSR count). The first-order valence-corrected chi connectivity index (χ1v) is 9.56. The summed E-state index contributed by atoms with van der Waals surface area (Å²) in [5.41, 5.74) is 8.72. The smallest absolute Gasteiger partial charge is 0.255 e. The number of nitrogens with zero attached hydrogens (tertiary/aromatic N) is 1. The van der Waals surface area contributed by atoms with Gasteiger partial charge in [0, 0.05) is 25.2 Å². The van der Waals surface area contributed by atoms with Crippen LogP contribution in [0.5, 0.6) is 0 Å². The largest absolute Gasteiger partial charge is 0.399 e. The van der Waals surface area contributed by atoms with Crippen molar-refractivity contribution >= 4 is 35.6 Å². The summed E-state index contributed by atoms with van der Waals surface area (Å²) in [6.45, 7) is 3.76. The topological polar surface area (TPSA) is 75.4 Å². The Hall–Kier alpha value is -2.53. The number of hydrogen-bond acceptors (Lipinski definition) is 3. The second kappa shape index (κ2) is 10.1. The minimum absolute atomic E-state index is 0. The molecule has 0 unspecified atom stereocenters. The molecule has 0 saturated carbocycles. The van der Waals surface area contributed by atoms with E-state index in [4.69, 9.17) is 5.73 Å². The maximum atomic E-state index is 12.9. The number of hydrogen-bond donors (Lipinski definition) is 2. The van der Waals surface area contributed by atoms with Crippen molar-refractivity contribution in [2.24, 2.45) is 5.92 Å². The van der Waals surface area contributed by atoms with Gasteiger partial charge in [0.05, 0.1) is 11.3 Å². The number of halogens is 1. The highest BCUT2D eigenvalue weighted by atomic mass is 35.5. The van der Waals surface area contributed by atoms with E-state index < -0.39 is 0 Å². The lowest BCUT2D eigenvalue weighted by Gasteiger charge is -2.30. The Bertz CT molecular complexity index is 817. The van der Waals surface area contributed by atoms with Gasteiger partial charge >= 0.3 is 0 Å². The number of amides is 2. The van der Waals surface area contributed by atoms with Crippen LogP contribution in [0.25, 0.3) is 0 Å². The number of carbonyl (C=O) groups excluding carboxylic acids is 2. The molecule has 2 amide bonds. The minimum atomic E-state index is -0.120. The van der Waals surface area contributed by atoms with E-state index in [9.17, 15) is 9.59 Å². The second-order valence-electron chi connectivity index (χ2n) is 7.27. The predicted octanol–water partition coefficient (Wildman–Crippen LogP) is 4.13. The summed E-state index contributed by atoms with van der Waals surface area (Å²) >= 11 is 0. The molecular formula is C22H28ClN3O2. The molecule has 0 spiro atoms. The van der Waals surface area contributed by atoms with Gasteiger partial charge in [-0.2, -0.15) is 0 Å². The van der Waals surface area contributed by atoms with E-state index in [1.807, 2.05) is 41.3 Å². The predicted molar refractivity (Wildman–Crippen MR) is 116 cm³/mol. The highest BCUT2D eigenvalue weighted by molar-refractivity contribution is 6.03. The van der Waals surface area contributed by atoms with E-state index in [0.29, 0.717) is 35.7 Å². The monoisotopic (exact) mass is 401 g/mol. The van der Waals surface area contributed by atoms with Gasteiger partial charge in [-0.05, 0) is 48.9 Å². The molecule has 0 aromatic heterocycles. The maximum Gasteiger partial charge on any atom is 0.255 e. The first kappa shape index (κ1) is 21.8. The molecule has 0 bridgehead atoms. The summed E-state index contributed by atoms with van der Waals surface area (Å²) < 4.78 is 0. The van der Waals surface area contributed by atoms with Gasteiger partial charge in [0.2, 0.25) is 5.91 Å². The molecule has 5 nitrogen and oxygen atoms in total. The zero-order valence-corrected chi connectivity index (χ0v) is 17.0. The summed E-state index contributed by atoms with van der Waals surface area (Å²) in [6.07, 6.45) is 2.94. The van der Waals surface area contributed by atoms with Gasteiger partial charge in [-0.3, -0.25) is 9.59 Å². The van der Waals surface area contributed by atoms with Crippen LogP contribution in [0.3, 0.4) is 0 Å². The molecule has 2 aromatic rings. The Balaban J connectivity index is 0.00000280. The zero-order chi connectivity index (χ0) is 19.2. The molecule has 3 N–H and O–H groups in total. The molecule has 28 heavy (non-hydrogen) atoms. The van der Waals surface area contributed by atoms with Crippen LogP contribution in [0.1, 0.15) is 42.1 Å². The molecule has 6 heteroatoms. The fraction of sp³-hybridized carbons (Fsp3) is 0.364. The number of carbonyl (C=O) groups is 2. The number of likely N-dealkylation sites (tertiary alicyclic amines) is 1. The van der Waals surface area contributed by atoms with Crippen molar-refractivity contribution in [2.45, 2.75) is 32.6 Å². The van der Waals surface area contributed by atoms with Crippen LogP contribution in [0.4, 0.5) is 11.4 Å². The van der Waals surface area contributed by atoms with Gasteiger partial charge in [0.15, 0.2) is 0 Å². The number of aryl methyl sites for hydroxylation is 1. The van der Waals surface area contributed by atoms with Gasteiger partial charge < -0.3 is 16.0 Å². The number of anilines is 2. The molecule has 0 atom stereocenters. The van der Waals surface area contributed by atoms with Crippen molar-refractivity contribution in [1.29, 1.82) is 0 Å². The summed E-state index contributed by atoms with van der Waals surface area (Å²) in [5, 5.41) is 2.90. The van der Waals surface area contributed by atoms with E-state index in [-0.39, 0.29) is 24.2 Å². The standard InChI is InChI=1S/C22H27N3O2.ClH/c1-16-12-14-25(15-13-16)22(27)18-7-3-5-9-20(18)24-21(26)11-10-17-6-2-4-8-19(17)23;/h2-9,16H,10-15,23H2,1H3,(H,24,26);1H. The molecule has 0 radical (unpaired) electrons. The van der Waals surface area contributed by atoms with Crippen LogP contribution in [-0.2, 0) is 11.2 Å². The van der Waals surface area contributed by atoms with Gasteiger partial charge in [-0.25, -0.2) is 0 Å². The van der Waals surface area contributed by atoms with Gasteiger partial charge in [0.1, 0.15) is 0 Å². The van der Waals surface area contributed by atoms with E-state index in [0.717, 1.165) is 31.5 Å². The van der Waals surface area contributed by atoms with Crippen LogP contribution in [0.2, 0.25) is 0 Å². The lowest BCUT2D eigenvalue weighted by molar-refractivity contribution is -0.116. The number of para-hydroxylation sites is 2. The third-order valence-corrected chi connectivity index (χ3v) is 5.18. The summed E-state index contributed by atoms with van der Waals surface area (Å²) in [5.74, 6) is 0.533. The highest BCUT2D eigenvalue weighted by Gasteiger charge is 2.23. The fourth-order valence-electron chi connectivity index (χ4n) is 3.38. The van der Waals surface area contributed by atoms with E-state index in [1.165, 1.54) is 0 Å². The Kier molecular flexibility index (Phi) is 7.88. The van der Waals surface area contributed by atoms with Crippen LogP contribution in [0, 0.1) is 5.92 Å². The lowest BCUT2D eigenvalue weighted by Crippen LogP contribution is -2.38. The van der Waals surface area contributed by atoms with Crippen LogP contribution >= 0.6 is 12.4 Å². The van der Waals surface area contributed by atoms with Crippen molar-refractivity contribution in [1.82, 2.24) is 4.90 Å². The van der Waals surface area contributed by atoms with E-state index in [1.54, 1.807) is 12.1 Å². The van der Waals surface area contributed by atoms with Gasteiger partial charge in [0.25, 0.3) is 5.91 Å². The minimum Gasteiger partial charge on any atom is -0.399 e.